The molecular weight excluding hydrogens is 324 g/mol. The highest BCUT2D eigenvalue weighted by Crippen LogP contribution is 2.09. The van der Waals surface area contributed by atoms with E-state index in [4.69, 9.17) is 9.47 Å². The van der Waals surface area contributed by atoms with Crippen molar-refractivity contribution in [1.29, 1.82) is 0 Å². The van der Waals surface area contributed by atoms with Crippen molar-refractivity contribution in [2.24, 2.45) is 0 Å². The molecule has 0 bridgehead atoms. The molecule has 0 fully saturated rings. The number of unbranched alkanes of at least 4 members (excludes halogenated alkanes) is 13. The van der Waals surface area contributed by atoms with Crippen LogP contribution in [0.25, 0.3) is 0 Å². The summed E-state index contributed by atoms with van der Waals surface area (Å²) in [5, 5.41) is 0. The average molecular weight is 369 g/mol. The topological polar surface area (TPSA) is 35.5 Å². The van der Waals surface area contributed by atoms with E-state index in [9.17, 15) is 4.79 Å². The molecule has 0 atom stereocenters. The lowest BCUT2D eigenvalue weighted by molar-refractivity contribution is 0.0529. The second-order valence-electron chi connectivity index (χ2n) is 7.24. The Morgan fingerprint density at radius 2 is 1.00 bits per heavy atom. The largest absolute Gasteiger partial charge is 0.508 e. The van der Waals surface area contributed by atoms with Crippen LogP contribution in [0.4, 0.5) is 4.79 Å². The predicted octanol–water partition coefficient (Wildman–Crippen LogP) is 7.98. The molecule has 0 rings (SSSR count). The van der Waals surface area contributed by atoms with Crippen molar-refractivity contribution in [3.05, 3.63) is 12.2 Å². The van der Waals surface area contributed by atoms with E-state index in [-0.39, 0.29) is 0 Å². The van der Waals surface area contributed by atoms with Crippen LogP contribution in [0.1, 0.15) is 117 Å². The van der Waals surface area contributed by atoms with Gasteiger partial charge in [0.1, 0.15) is 0 Å². The Morgan fingerprint density at radius 3 is 1.54 bits per heavy atom. The molecule has 0 saturated carbocycles. The van der Waals surface area contributed by atoms with E-state index in [2.05, 4.69) is 26.0 Å². The summed E-state index contributed by atoms with van der Waals surface area (Å²) in [4.78, 5) is 11.4. The standard InChI is InChI=1S/C23H44O3/c1-3-5-7-9-11-12-13-14-15-16-18-20-22-26-23(24)25-21-19-17-10-8-6-4-2/h9,11H,3-8,10,12-22H2,1-2H3. The minimum absolute atomic E-state index is 0.492. The third kappa shape index (κ3) is 21.1. The van der Waals surface area contributed by atoms with Crippen LogP contribution < -0.4 is 0 Å². The van der Waals surface area contributed by atoms with Crippen LogP contribution in [0.3, 0.4) is 0 Å². The minimum atomic E-state index is -0.492. The van der Waals surface area contributed by atoms with E-state index >= 15 is 0 Å². The zero-order chi connectivity index (χ0) is 19.1. The molecule has 3 nitrogen and oxygen atoms in total. The maximum absolute atomic E-state index is 11.4. The molecule has 0 saturated heterocycles. The van der Waals surface area contributed by atoms with Gasteiger partial charge in [-0.15, -0.1) is 0 Å². The van der Waals surface area contributed by atoms with Crippen LogP contribution in [-0.4, -0.2) is 19.4 Å². The Balaban J connectivity index is 3.17. The fourth-order valence-electron chi connectivity index (χ4n) is 2.86. The Hall–Kier alpha value is -0.990. The Labute approximate surface area is 162 Å². The summed E-state index contributed by atoms with van der Waals surface area (Å²) in [7, 11) is 0. The molecule has 0 radical (unpaired) electrons. The Morgan fingerprint density at radius 1 is 0.577 bits per heavy atom. The molecule has 0 N–H and O–H groups in total. The van der Waals surface area contributed by atoms with Crippen molar-refractivity contribution in [1.82, 2.24) is 0 Å². The first-order valence-electron chi connectivity index (χ1n) is 11.3. The van der Waals surface area contributed by atoms with Crippen LogP contribution in [0.5, 0.6) is 0 Å². The maximum atomic E-state index is 11.4. The lowest BCUT2D eigenvalue weighted by atomic mass is 10.1. The van der Waals surface area contributed by atoms with Crippen molar-refractivity contribution in [2.45, 2.75) is 117 Å². The van der Waals surface area contributed by atoms with Gasteiger partial charge in [0.2, 0.25) is 0 Å². The van der Waals surface area contributed by atoms with Gasteiger partial charge in [-0.1, -0.05) is 96.6 Å². The molecule has 0 aromatic rings. The van der Waals surface area contributed by atoms with Crippen LogP contribution in [-0.2, 0) is 9.47 Å². The number of carbonyl (C=O) groups is 1. The molecule has 0 heterocycles. The molecule has 154 valence electrons. The van der Waals surface area contributed by atoms with E-state index in [0.717, 1.165) is 25.7 Å². The highest BCUT2D eigenvalue weighted by atomic mass is 16.7. The smallest absolute Gasteiger partial charge is 0.434 e. The maximum Gasteiger partial charge on any atom is 0.508 e. The van der Waals surface area contributed by atoms with Crippen molar-refractivity contribution in [3.63, 3.8) is 0 Å². The molecular formula is C23H44O3. The van der Waals surface area contributed by atoms with Crippen molar-refractivity contribution in [2.75, 3.05) is 13.2 Å². The van der Waals surface area contributed by atoms with E-state index < -0.39 is 6.16 Å². The molecule has 0 amide bonds. The molecule has 0 aliphatic rings. The van der Waals surface area contributed by atoms with Gasteiger partial charge in [0.05, 0.1) is 13.2 Å². The summed E-state index contributed by atoms with van der Waals surface area (Å²) >= 11 is 0. The fourth-order valence-corrected chi connectivity index (χ4v) is 2.86. The third-order valence-corrected chi connectivity index (χ3v) is 4.59. The lowest BCUT2D eigenvalue weighted by Gasteiger charge is -2.06. The first kappa shape index (κ1) is 25.0. The van der Waals surface area contributed by atoms with Gasteiger partial charge in [-0.25, -0.2) is 4.79 Å². The molecule has 0 aromatic heterocycles. The van der Waals surface area contributed by atoms with Gasteiger partial charge in [-0.05, 0) is 32.1 Å². The van der Waals surface area contributed by atoms with E-state index in [1.165, 1.54) is 77.0 Å². The molecule has 26 heavy (non-hydrogen) atoms. The number of ether oxygens (including phenoxy) is 2. The van der Waals surface area contributed by atoms with Crippen LogP contribution >= 0.6 is 0 Å². The quantitative estimate of drug-likeness (QED) is 0.132. The molecule has 0 unspecified atom stereocenters. The zero-order valence-electron chi connectivity index (χ0n) is 17.6. The highest BCUT2D eigenvalue weighted by Gasteiger charge is 2.02. The summed E-state index contributed by atoms with van der Waals surface area (Å²) in [6.07, 6.45) is 23.6. The first-order valence-corrected chi connectivity index (χ1v) is 11.3. The zero-order valence-corrected chi connectivity index (χ0v) is 17.6. The molecule has 0 spiro atoms. The monoisotopic (exact) mass is 368 g/mol. The second kappa shape index (κ2) is 22.1. The van der Waals surface area contributed by atoms with Gasteiger partial charge in [-0.2, -0.15) is 0 Å². The van der Waals surface area contributed by atoms with Gasteiger partial charge in [0.25, 0.3) is 0 Å². The van der Waals surface area contributed by atoms with Crippen molar-refractivity contribution < 1.29 is 14.3 Å². The molecule has 0 aliphatic carbocycles. The van der Waals surface area contributed by atoms with Crippen LogP contribution in [0.15, 0.2) is 12.2 Å². The Bertz CT molecular complexity index is 313. The highest BCUT2D eigenvalue weighted by molar-refractivity contribution is 5.59. The van der Waals surface area contributed by atoms with Crippen LogP contribution in [0, 0.1) is 0 Å². The molecule has 0 aromatic carbocycles. The Kier molecular flexibility index (Phi) is 21.2. The van der Waals surface area contributed by atoms with E-state index in [1.54, 1.807) is 0 Å². The van der Waals surface area contributed by atoms with Gasteiger partial charge < -0.3 is 9.47 Å². The number of hydrogen-bond acceptors (Lipinski definition) is 3. The average Bonchev–Trinajstić information content (AvgIpc) is 2.64. The minimum Gasteiger partial charge on any atom is -0.434 e. The number of hydrogen-bond donors (Lipinski definition) is 0. The summed E-state index contributed by atoms with van der Waals surface area (Å²) in [5.41, 5.74) is 0. The fraction of sp³-hybridized carbons (Fsp3) is 0.870. The number of carbonyl (C=O) groups excluding carboxylic acids is 1. The predicted molar refractivity (Wildman–Crippen MR) is 112 cm³/mol. The van der Waals surface area contributed by atoms with Crippen molar-refractivity contribution in [3.8, 4) is 0 Å². The summed E-state index contributed by atoms with van der Waals surface area (Å²) in [6, 6.07) is 0. The van der Waals surface area contributed by atoms with E-state index in [0.29, 0.717) is 13.2 Å². The first-order chi connectivity index (χ1) is 12.8. The molecule has 0 aliphatic heterocycles. The van der Waals surface area contributed by atoms with E-state index in [1.807, 2.05) is 0 Å². The normalized spacial score (nSPS) is 11.2. The van der Waals surface area contributed by atoms with Gasteiger partial charge in [-0.3, -0.25) is 0 Å². The summed E-state index contributed by atoms with van der Waals surface area (Å²) < 4.78 is 10.2. The summed E-state index contributed by atoms with van der Waals surface area (Å²) in [5.74, 6) is 0. The summed E-state index contributed by atoms with van der Waals surface area (Å²) in [6.45, 7) is 5.44. The van der Waals surface area contributed by atoms with Gasteiger partial charge in [0.15, 0.2) is 0 Å². The number of allylic oxidation sites excluding steroid dienone is 2. The van der Waals surface area contributed by atoms with Crippen LogP contribution in [0.2, 0.25) is 0 Å². The lowest BCUT2D eigenvalue weighted by Crippen LogP contribution is -2.09. The van der Waals surface area contributed by atoms with Gasteiger partial charge in [0, 0.05) is 0 Å². The second-order valence-corrected chi connectivity index (χ2v) is 7.24. The molecule has 3 heteroatoms. The third-order valence-electron chi connectivity index (χ3n) is 4.59. The van der Waals surface area contributed by atoms with Crippen molar-refractivity contribution >= 4 is 6.16 Å². The van der Waals surface area contributed by atoms with Gasteiger partial charge >= 0.3 is 6.16 Å². The SMILES string of the molecule is CCCCC=CCCCCCCCCOC(=O)OCCCCCCCC. The number of rotatable bonds is 19.